The summed E-state index contributed by atoms with van der Waals surface area (Å²) in [7, 11) is 0. The summed E-state index contributed by atoms with van der Waals surface area (Å²) in [6.07, 6.45) is 3.75. The topological polar surface area (TPSA) is 61.9 Å². The maximum atomic E-state index is 13.2. The van der Waals surface area contributed by atoms with Crippen molar-refractivity contribution in [1.82, 2.24) is 15.1 Å². The molecule has 1 N–H and O–H groups in total. The van der Waals surface area contributed by atoms with Crippen molar-refractivity contribution in [3.05, 3.63) is 35.9 Å². The Kier molecular flexibility index (Phi) is 5.74. The minimum Gasteiger partial charge on any atom is -0.378 e. The molecule has 6 nitrogen and oxygen atoms in total. The molecule has 6 heteroatoms. The fourth-order valence-corrected chi connectivity index (χ4v) is 4.08. The van der Waals surface area contributed by atoms with E-state index < -0.39 is 0 Å². The molecule has 3 aliphatic rings. The van der Waals surface area contributed by atoms with Crippen LogP contribution in [0.1, 0.15) is 31.2 Å². The van der Waals surface area contributed by atoms with E-state index in [1.54, 1.807) is 0 Å². The van der Waals surface area contributed by atoms with Gasteiger partial charge in [-0.1, -0.05) is 30.3 Å². The van der Waals surface area contributed by atoms with Crippen molar-refractivity contribution in [2.45, 2.75) is 44.3 Å². The summed E-state index contributed by atoms with van der Waals surface area (Å²) in [4.78, 5) is 29.7. The second-order valence-electron chi connectivity index (χ2n) is 7.86. The molecule has 1 saturated carbocycles. The van der Waals surface area contributed by atoms with E-state index in [-0.39, 0.29) is 23.8 Å². The first-order valence-corrected chi connectivity index (χ1v) is 10.2. The number of carbonyl (C=O) groups is 2. The summed E-state index contributed by atoms with van der Waals surface area (Å²) in [5.41, 5.74) is 1.19. The lowest BCUT2D eigenvalue weighted by atomic mass is 9.94. The van der Waals surface area contributed by atoms with Gasteiger partial charge < -0.3 is 19.9 Å². The third-order valence-electron chi connectivity index (χ3n) is 5.84. The van der Waals surface area contributed by atoms with E-state index in [1.807, 2.05) is 23.1 Å². The summed E-state index contributed by atoms with van der Waals surface area (Å²) < 4.78 is 5.40. The summed E-state index contributed by atoms with van der Waals surface area (Å²) >= 11 is 0. The number of amides is 2. The van der Waals surface area contributed by atoms with Crippen molar-refractivity contribution in [3.63, 3.8) is 0 Å². The van der Waals surface area contributed by atoms with E-state index in [4.69, 9.17) is 4.74 Å². The maximum absolute atomic E-state index is 13.2. The lowest BCUT2D eigenvalue weighted by Gasteiger charge is -2.36. The molecule has 0 bridgehead atoms. The summed E-state index contributed by atoms with van der Waals surface area (Å²) in [5, 5.41) is 3.23. The van der Waals surface area contributed by atoms with Crippen LogP contribution in [0.2, 0.25) is 0 Å². The number of rotatable bonds is 5. The van der Waals surface area contributed by atoms with Crippen LogP contribution in [0.25, 0.3) is 0 Å². The van der Waals surface area contributed by atoms with Gasteiger partial charge in [0.1, 0.15) is 6.04 Å². The van der Waals surface area contributed by atoms with Gasteiger partial charge in [0.05, 0.1) is 13.2 Å². The van der Waals surface area contributed by atoms with Crippen LogP contribution >= 0.6 is 0 Å². The van der Waals surface area contributed by atoms with Gasteiger partial charge in [0.15, 0.2) is 0 Å². The molecule has 27 heavy (non-hydrogen) atoms. The fraction of sp³-hybridized carbons (Fsp3) is 0.619. The molecule has 2 heterocycles. The third kappa shape index (κ3) is 4.50. The molecule has 2 amide bonds. The zero-order chi connectivity index (χ0) is 18.6. The standard InChI is InChI=1S/C21H29N3O3/c25-20(24(18-6-7-18)14-16-4-2-1-3-5-16)17-8-11-23(12-9-17)21(26)19-15-27-13-10-22-19/h1-5,17-19,22H,6-15H2. The van der Waals surface area contributed by atoms with Crippen LogP contribution in [-0.4, -0.2) is 66.5 Å². The van der Waals surface area contributed by atoms with Gasteiger partial charge in [-0.25, -0.2) is 0 Å². The molecule has 0 radical (unpaired) electrons. The normalized spacial score (nSPS) is 23.9. The Morgan fingerprint density at radius 2 is 1.85 bits per heavy atom. The van der Waals surface area contributed by atoms with Gasteiger partial charge in [-0.05, 0) is 31.2 Å². The minimum atomic E-state index is -0.230. The molecule has 1 atom stereocenters. The lowest BCUT2D eigenvalue weighted by molar-refractivity contribution is -0.143. The SMILES string of the molecule is O=C(C1COCCN1)N1CCC(C(=O)N(Cc2ccccc2)C2CC2)CC1. The van der Waals surface area contributed by atoms with E-state index in [1.165, 1.54) is 5.56 Å². The third-order valence-corrected chi connectivity index (χ3v) is 5.84. The molecular formula is C21H29N3O3. The highest BCUT2D eigenvalue weighted by molar-refractivity contribution is 5.83. The number of nitrogens with zero attached hydrogens (tertiary/aromatic N) is 2. The van der Waals surface area contributed by atoms with Gasteiger partial charge in [0, 0.05) is 38.1 Å². The highest BCUT2D eigenvalue weighted by atomic mass is 16.5. The Hall–Kier alpha value is -1.92. The van der Waals surface area contributed by atoms with E-state index in [2.05, 4.69) is 22.3 Å². The number of carbonyl (C=O) groups excluding carboxylic acids is 2. The van der Waals surface area contributed by atoms with Crippen molar-refractivity contribution in [2.24, 2.45) is 5.92 Å². The van der Waals surface area contributed by atoms with Crippen molar-refractivity contribution in [2.75, 3.05) is 32.8 Å². The van der Waals surface area contributed by atoms with E-state index in [9.17, 15) is 9.59 Å². The number of nitrogens with one attached hydrogen (secondary N) is 1. The molecule has 1 unspecified atom stereocenters. The molecule has 2 aliphatic heterocycles. The maximum Gasteiger partial charge on any atom is 0.242 e. The van der Waals surface area contributed by atoms with Crippen LogP contribution < -0.4 is 5.32 Å². The molecule has 1 aliphatic carbocycles. The molecule has 0 aromatic heterocycles. The van der Waals surface area contributed by atoms with E-state index >= 15 is 0 Å². The molecule has 1 aromatic carbocycles. The highest BCUT2D eigenvalue weighted by Gasteiger charge is 2.38. The Bertz CT molecular complexity index is 648. The smallest absolute Gasteiger partial charge is 0.242 e. The van der Waals surface area contributed by atoms with Gasteiger partial charge in [-0.15, -0.1) is 0 Å². The molecular weight excluding hydrogens is 342 g/mol. The van der Waals surface area contributed by atoms with Crippen molar-refractivity contribution in [1.29, 1.82) is 0 Å². The number of hydrogen-bond donors (Lipinski definition) is 1. The molecule has 4 rings (SSSR count). The van der Waals surface area contributed by atoms with Gasteiger partial charge in [-0.2, -0.15) is 0 Å². The second kappa shape index (κ2) is 8.40. The zero-order valence-corrected chi connectivity index (χ0v) is 15.8. The predicted molar refractivity (Wildman–Crippen MR) is 102 cm³/mol. The quantitative estimate of drug-likeness (QED) is 0.850. The molecule has 3 fully saturated rings. The van der Waals surface area contributed by atoms with Gasteiger partial charge in [0.25, 0.3) is 0 Å². The van der Waals surface area contributed by atoms with E-state index in [0.29, 0.717) is 38.9 Å². The number of ether oxygens (including phenoxy) is 1. The van der Waals surface area contributed by atoms with Crippen molar-refractivity contribution >= 4 is 11.8 Å². The molecule has 2 saturated heterocycles. The molecule has 146 valence electrons. The lowest BCUT2D eigenvalue weighted by Crippen LogP contribution is -2.54. The minimum absolute atomic E-state index is 0.0360. The van der Waals surface area contributed by atoms with Crippen LogP contribution in [-0.2, 0) is 20.9 Å². The largest absolute Gasteiger partial charge is 0.378 e. The van der Waals surface area contributed by atoms with Crippen LogP contribution in [0.3, 0.4) is 0 Å². The second-order valence-corrected chi connectivity index (χ2v) is 7.86. The van der Waals surface area contributed by atoms with E-state index in [0.717, 1.165) is 32.2 Å². The number of morpholine rings is 1. The Morgan fingerprint density at radius 1 is 1.11 bits per heavy atom. The molecule has 0 spiro atoms. The van der Waals surface area contributed by atoms with Gasteiger partial charge >= 0.3 is 0 Å². The zero-order valence-electron chi connectivity index (χ0n) is 15.8. The predicted octanol–water partition coefficient (Wildman–Crippen LogP) is 1.40. The van der Waals surface area contributed by atoms with Crippen LogP contribution in [0, 0.1) is 5.92 Å². The summed E-state index contributed by atoms with van der Waals surface area (Å²) in [6, 6.07) is 10.4. The monoisotopic (exact) mass is 371 g/mol. The Morgan fingerprint density at radius 3 is 2.48 bits per heavy atom. The molecule has 1 aromatic rings. The highest BCUT2D eigenvalue weighted by Crippen LogP contribution is 2.32. The fourth-order valence-electron chi connectivity index (χ4n) is 4.08. The Balaban J connectivity index is 1.32. The first kappa shape index (κ1) is 18.4. The van der Waals surface area contributed by atoms with Gasteiger partial charge in [-0.3, -0.25) is 9.59 Å². The number of benzene rings is 1. The first-order chi connectivity index (χ1) is 13.2. The van der Waals surface area contributed by atoms with Gasteiger partial charge in [0.2, 0.25) is 11.8 Å². The average Bonchev–Trinajstić information content (AvgIpc) is 3.58. The van der Waals surface area contributed by atoms with Crippen LogP contribution in [0.5, 0.6) is 0 Å². The number of piperidine rings is 1. The Labute approximate surface area is 160 Å². The first-order valence-electron chi connectivity index (χ1n) is 10.2. The summed E-state index contributed by atoms with van der Waals surface area (Å²) in [6.45, 7) is 3.87. The van der Waals surface area contributed by atoms with Crippen molar-refractivity contribution < 1.29 is 14.3 Å². The summed E-state index contributed by atoms with van der Waals surface area (Å²) in [5.74, 6) is 0.422. The van der Waals surface area contributed by atoms with Crippen molar-refractivity contribution in [3.8, 4) is 0 Å². The van der Waals surface area contributed by atoms with Crippen LogP contribution in [0.15, 0.2) is 30.3 Å². The number of hydrogen-bond acceptors (Lipinski definition) is 4. The average molecular weight is 371 g/mol. The number of likely N-dealkylation sites (tertiary alicyclic amines) is 1. The van der Waals surface area contributed by atoms with Crippen LogP contribution in [0.4, 0.5) is 0 Å².